The Morgan fingerprint density at radius 1 is 1.40 bits per heavy atom. The number of pyridine rings is 1. The van der Waals surface area contributed by atoms with Crippen LogP contribution in [-0.4, -0.2) is 22.2 Å². The molecule has 78 valence electrons. The number of aromatic nitrogens is 3. The molecular formula is C10H12N4O. The topological polar surface area (TPSA) is 63.8 Å². The minimum Gasteiger partial charge on any atom is -0.334 e. The molecule has 0 spiro atoms. The number of aryl methyl sites for hydroxylation is 1. The quantitative estimate of drug-likeness (QED) is 0.812. The van der Waals surface area contributed by atoms with Gasteiger partial charge in [-0.1, -0.05) is 5.16 Å². The number of hydrogen-bond donors (Lipinski definition) is 1. The summed E-state index contributed by atoms with van der Waals surface area (Å²) in [6, 6.07) is 1.96. The largest absolute Gasteiger partial charge is 0.334 e. The number of nitrogens with one attached hydrogen (secondary N) is 1. The molecule has 1 N–H and O–H groups in total. The predicted octanol–water partition coefficient (Wildman–Crippen LogP) is 1.16. The second kappa shape index (κ2) is 4.18. The van der Waals surface area contributed by atoms with Gasteiger partial charge >= 0.3 is 0 Å². The molecule has 5 nitrogen and oxygen atoms in total. The van der Waals surface area contributed by atoms with Crippen LogP contribution in [-0.2, 0) is 6.54 Å². The Morgan fingerprint density at radius 3 is 3.00 bits per heavy atom. The molecule has 2 rings (SSSR count). The van der Waals surface area contributed by atoms with Gasteiger partial charge in [0, 0.05) is 12.4 Å². The molecule has 0 unspecified atom stereocenters. The molecule has 0 radical (unpaired) electrons. The molecule has 0 aliphatic heterocycles. The van der Waals surface area contributed by atoms with E-state index in [-0.39, 0.29) is 0 Å². The van der Waals surface area contributed by atoms with Crippen molar-refractivity contribution in [3.05, 3.63) is 29.8 Å². The maximum atomic E-state index is 5.12. The highest BCUT2D eigenvalue weighted by molar-refractivity contribution is 5.51. The minimum absolute atomic E-state index is 0.511. The van der Waals surface area contributed by atoms with Crippen LogP contribution in [0.5, 0.6) is 0 Å². The molecule has 2 aromatic heterocycles. The van der Waals surface area contributed by atoms with Crippen LogP contribution in [0.25, 0.3) is 11.5 Å². The molecule has 2 aromatic rings. The van der Waals surface area contributed by atoms with Crippen LogP contribution in [0.3, 0.4) is 0 Å². The summed E-state index contributed by atoms with van der Waals surface area (Å²) in [6.07, 6.45) is 3.50. The molecule has 0 saturated heterocycles. The van der Waals surface area contributed by atoms with E-state index in [4.69, 9.17) is 4.52 Å². The van der Waals surface area contributed by atoms with Gasteiger partial charge in [-0.2, -0.15) is 4.98 Å². The van der Waals surface area contributed by atoms with Crippen molar-refractivity contribution in [1.82, 2.24) is 20.4 Å². The fourth-order valence-electron chi connectivity index (χ4n) is 1.27. The van der Waals surface area contributed by atoms with Crippen molar-refractivity contribution in [3.63, 3.8) is 0 Å². The van der Waals surface area contributed by atoms with E-state index in [1.807, 2.05) is 20.0 Å². The molecule has 0 fully saturated rings. The van der Waals surface area contributed by atoms with Gasteiger partial charge in [-0.25, -0.2) is 0 Å². The van der Waals surface area contributed by atoms with Crippen molar-refractivity contribution in [2.45, 2.75) is 13.5 Å². The van der Waals surface area contributed by atoms with E-state index in [0.717, 1.165) is 11.1 Å². The Kier molecular flexibility index (Phi) is 2.73. The van der Waals surface area contributed by atoms with Gasteiger partial charge in [0.2, 0.25) is 0 Å². The predicted molar refractivity (Wildman–Crippen MR) is 55.0 cm³/mol. The highest BCUT2D eigenvalue weighted by Crippen LogP contribution is 2.16. The van der Waals surface area contributed by atoms with E-state index in [1.165, 1.54) is 0 Å². The molecule has 0 aliphatic carbocycles. The van der Waals surface area contributed by atoms with E-state index in [1.54, 1.807) is 12.4 Å². The lowest BCUT2D eigenvalue weighted by molar-refractivity contribution is 0.420. The molecule has 0 atom stereocenters. The molecule has 0 aliphatic rings. The lowest BCUT2D eigenvalue weighted by Crippen LogP contribution is -2.06. The van der Waals surface area contributed by atoms with Crippen LogP contribution in [0.1, 0.15) is 11.4 Å². The molecule has 5 heteroatoms. The van der Waals surface area contributed by atoms with Gasteiger partial charge in [0.05, 0.1) is 12.1 Å². The average molecular weight is 204 g/mol. The van der Waals surface area contributed by atoms with E-state index in [0.29, 0.717) is 18.3 Å². The highest BCUT2D eigenvalue weighted by Gasteiger charge is 2.08. The molecule has 0 bridgehead atoms. The summed E-state index contributed by atoms with van der Waals surface area (Å²) in [5, 5.41) is 6.80. The van der Waals surface area contributed by atoms with Gasteiger partial charge in [-0.3, -0.25) is 4.98 Å². The van der Waals surface area contributed by atoms with Crippen LogP contribution in [0.2, 0.25) is 0 Å². The van der Waals surface area contributed by atoms with Crippen molar-refractivity contribution in [2.75, 3.05) is 7.05 Å². The summed E-state index contributed by atoms with van der Waals surface area (Å²) in [6.45, 7) is 2.57. The van der Waals surface area contributed by atoms with Crippen molar-refractivity contribution in [3.8, 4) is 11.5 Å². The highest BCUT2D eigenvalue weighted by atomic mass is 16.5. The van der Waals surface area contributed by atoms with Crippen LogP contribution in [0, 0.1) is 6.92 Å². The summed E-state index contributed by atoms with van der Waals surface area (Å²) >= 11 is 0. The van der Waals surface area contributed by atoms with Gasteiger partial charge in [-0.05, 0) is 25.6 Å². The van der Waals surface area contributed by atoms with Gasteiger partial charge in [0.25, 0.3) is 5.89 Å². The summed E-state index contributed by atoms with van der Waals surface area (Å²) < 4.78 is 5.12. The van der Waals surface area contributed by atoms with Crippen LogP contribution in [0.4, 0.5) is 0 Å². The fraction of sp³-hybridized carbons (Fsp3) is 0.300. The SMILES string of the molecule is CNCc1noc(-c2cncc(C)c2)n1. The second-order valence-electron chi connectivity index (χ2n) is 3.30. The summed E-state index contributed by atoms with van der Waals surface area (Å²) in [4.78, 5) is 8.30. The standard InChI is InChI=1S/C10H12N4O/c1-7-3-8(5-12-4-7)10-13-9(6-11-2)14-15-10/h3-5,11H,6H2,1-2H3. The first-order valence-corrected chi connectivity index (χ1v) is 4.69. The van der Waals surface area contributed by atoms with Crippen molar-refractivity contribution < 1.29 is 4.52 Å². The van der Waals surface area contributed by atoms with Gasteiger partial charge in [-0.15, -0.1) is 0 Å². The van der Waals surface area contributed by atoms with Crippen LogP contribution < -0.4 is 5.32 Å². The van der Waals surface area contributed by atoms with Crippen LogP contribution in [0.15, 0.2) is 23.0 Å². The van der Waals surface area contributed by atoms with E-state index >= 15 is 0 Å². The Morgan fingerprint density at radius 2 is 2.27 bits per heavy atom. The maximum Gasteiger partial charge on any atom is 0.259 e. The summed E-state index contributed by atoms with van der Waals surface area (Å²) in [5.41, 5.74) is 1.92. The third kappa shape index (κ3) is 2.19. The molecule has 0 saturated carbocycles. The lowest BCUT2D eigenvalue weighted by Gasteiger charge is -1.94. The zero-order valence-electron chi connectivity index (χ0n) is 8.69. The third-order valence-corrected chi connectivity index (χ3v) is 1.92. The van der Waals surface area contributed by atoms with Gasteiger partial charge < -0.3 is 9.84 Å². The zero-order valence-corrected chi connectivity index (χ0v) is 8.69. The first-order chi connectivity index (χ1) is 7.29. The van der Waals surface area contributed by atoms with E-state index < -0.39 is 0 Å². The Bertz CT molecular complexity index is 452. The molecule has 0 amide bonds. The van der Waals surface area contributed by atoms with E-state index in [2.05, 4.69) is 20.4 Å². The average Bonchev–Trinajstić information content (AvgIpc) is 2.67. The van der Waals surface area contributed by atoms with Gasteiger partial charge in [0.1, 0.15) is 0 Å². The maximum absolute atomic E-state index is 5.12. The van der Waals surface area contributed by atoms with Gasteiger partial charge in [0.15, 0.2) is 5.82 Å². The third-order valence-electron chi connectivity index (χ3n) is 1.92. The minimum atomic E-state index is 0.511. The fourth-order valence-corrected chi connectivity index (χ4v) is 1.27. The smallest absolute Gasteiger partial charge is 0.259 e. The molecule has 15 heavy (non-hydrogen) atoms. The Labute approximate surface area is 87.5 Å². The monoisotopic (exact) mass is 204 g/mol. The Hall–Kier alpha value is -1.75. The Balaban J connectivity index is 2.29. The normalized spacial score (nSPS) is 10.5. The van der Waals surface area contributed by atoms with Crippen LogP contribution >= 0.6 is 0 Å². The number of hydrogen-bond acceptors (Lipinski definition) is 5. The van der Waals surface area contributed by atoms with Crippen molar-refractivity contribution in [2.24, 2.45) is 0 Å². The lowest BCUT2D eigenvalue weighted by atomic mass is 10.2. The molecule has 0 aromatic carbocycles. The van der Waals surface area contributed by atoms with E-state index in [9.17, 15) is 0 Å². The number of rotatable bonds is 3. The second-order valence-corrected chi connectivity index (χ2v) is 3.30. The summed E-state index contributed by atoms with van der Waals surface area (Å²) in [5.74, 6) is 1.16. The summed E-state index contributed by atoms with van der Waals surface area (Å²) in [7, 11) is 1.84. The number of nitrogens with zero attached hydrogens (tertiary/aromatic N) is 3. The molecular weight excluding hydrogens is 192 g/mol. The van der Waals surface area contributed by atoms with Crippen molar-refractivity contribution >= 4 is 0 Å². The first kappa shape index (κ1) is 9.79. The molecule has 2 heterocycles. The first-order valence-electron chi connectivity index (χ1n) is 4.69. The van der Waals surface area contributed by atoms with Crippen molar-refractivity contribution in [1.29, 1.82) is 0 Å². The zero-order chi connectivity index (χ0) is 10.7.